The molecule has 0 saturated carbocycles. The highest BCUT2D eigenvalue weighted by Gasteiger charge is 2.06. The largest absolute Gasteiger partial charge is 0.233 e. The molecule has 0 saturated heterocycles. The summed E-state index contributed by atoms with van der Waals surface area (Å²) in [7, 11) is 0. The highest BCUT2D eigenvalue weighted by atomic mass is 79.9. The normalized spacial score (nSPS) is 10.0. The number of rotatable bonds is 1. The molecule has 68 valence electrons. The zero-order valence-electron chi connectivity index (χ0n) is 7.44. The molecule has 0 aliphatic heterocycles. The summed E-state index contributed by atoms with van der Waals surface area (Å²) in [6.45, 7) is 0.378. The molecule has 2 aromatic rings. The van der Waals surface area contributed by atoms with Crippen LogP contribution in [0.4, 0.5) is 0 Å². The Morgan fingerprint density at radius 2 is 2.07 bits per heavy atom. The van der Waals surface area contributed by atoms with E-state index < -0.39 is 0 Å². The second kappa shape index (κ2) is 3.77. The molecule has 0 aliphatic rings. The molecule has 0 radical (unpaired) electrons. The molecule has 0 spiro atoms. The third-order valence-electron chi connectivity index (χ3n) is 2.06. The van der Waals surface area contributed by atoms with Crippen molar-refractivity contribution in [1.29, 1.82) is 5.26 Å². The summed E-state index contributed by atoms with van der Waals surface area (Å²) in [5.74, 6) is 0. The molecule has 2 nitrogen and oxygen atoms in total. The van der Waals surface area contributed by atoms with Crippen LogP contribution in [0.25, 0.3) is 10.8 Å². The predicted molar refractivity (Wildman–Crippen MR) is 57.5 cm³/mol. The number of nitriles is 1. The van der Waals surface area contributed by atoms with E-state index in [1.807, 2.05) is 35.2 Å². The molecule has 14 heavy (non-hydrogen) atoms. The van der Waals surface area contributed by atoms with Gasteiger partial charge in [0.25, 0.3) is 0 Å². The number of benzene rings is 1. The van der Waals surface area contributed by atoms with Gasteiger partial charge in [-0.05, 0) is 22.0 Å². The van der Waals surface area contributed by atoms with Crippen molar-refractivity contribution in [2.75, 3.05) is 0 Å². The third kappa shape index (κ3) is 1.61. The minimum absolute atomic E-state index is 0.378. The molecule has 1 heterocycles. The molecule has 0 unspecified atom stereocenters. The molecule has 0 aliphatic carbocycles. The van der Waals surface area contributed by atoms with Gasteiger partial charge in [0, 0.05) is 10.8 Å². The number of halogens is 1. The fraction of sp³-hybridized carbons (Fsp3) is 0.0909. The van der Waals surface area contributed by atoms with Crippen molar-refractivity contribution in [1.82, 2.24) is 0 Å². The van der Waals surface area contributed by atoms with Gasteiger partial charge in [0.1, 0.15) is 6.07 Å². The molecule has 0 atom stereocenters. The smallest absolute Gasteiger partial charge is 0.191 e. The minimum atomic E-state index is 0.378. The van der Waals surface area contributed by atoms with E-state index in [0.717, 1.165) is 9.86 Å². The Kier molecular flexibility index (Phi) is 2.47. The Hall–Kier alpha value is -1.40. The fourth-order valence-electron chi connectivity index (χ4n) is 1.43. The molecular weight excluding hydrogens is 240 g/mol. The average molecular weight is 248 g/mol. The van der Waals surface area contributed by atoms with Crippen molar-refractivity contribution >= 4 is 26.7 Å². The first-order valence-corrected chi connectivity index (χ1v) is 5.05. The molecule has 0 fully saturated rings. The van der Waals surface area contributed by atoms with Crippen LogP contribution >= 0.6 is 15.9 Å². The summed E-state index contributed by atoms with van der Waals surface area (Å²) in [6, 6.07) is 10.2. The van der Waals surface area contributed by atoms with Crippen LogP contribution in [0.1, 0.15) is 0 Å². The van der Waals surface area contributed by atoms with Gasteiger partial charge in [-0.1, -0.05) is 18.2 Å². The van der Waals surface area contributed by atoms with Gasteiger partial charge in [0.05, 0.1) is 4.47 Å². The molecule has 2 rings (SSSR count). The van der Waals surface area contributed by atoms with Gasteiger partial charge in [0.15, 0.2) is 12.4 Å². The zero-order valence-corrected chi connectivity index (χ0v) is 9.03. The number of aromatic nitrogens is 1. The molecule has 0 N–H and O–H groups in total. The molecule has 0 amide bonds. The zero-order chi connectivity index (χ0) is 9.97. The highest BCUT2D eigenvalue weighted by molar-refractivity contribution is 9.10. The summed E-state index contributed by atoms with van der Waals surface area (Å²) >= 11 is 3.49. The average Bonchev–Trinajstić information content (AvgIpc) is 2.18. The fourth-order valence-corrected chi connectivity index (χ4v) is 2.06. The van der Waals surface area contributed by atoms with Gasteiger partial charge in [-0.3, -0.25) is 0 Å². The van der Waals surface area contributed by atoms with E-state index in [0.29, 0.717) is 6.54 Å². The van der Waals surface area contributed by atoms with Crippen LogP contribution in [-0.4, -0.2) is 0 Å². The topological polar surface area (TPSA) is 27.7 Å². The monoisotopic (exact) mass is 247 g/mol. The van der Waals surface area contributed by atoms with Crippen molar-refractivity contribution < 1.29 is 4.57 Å². The Balaban J connectivity index is 2.67. The van der Waals surface area contributed by atoms with Gasteiger partial charge in [-0.15, -0.1) is 0 Å². The summed E-state index contributed by atoms with van der Waals surface area (Å²) in [5, 5.41) is 10.9. The van der Waals surface area contributed by atoms with E-state index in [9.17, 15) is 0 Å². The van der Waals surface area contributed by atoms with E-state index in [2.05, 4.69) is 28.1 Å². The maximum Gasteiger partial charge on any atom is 0.233 e. The molecular formula is C11H8BrN2+. The number of pyridine rings is 1. The van der Waals surface area contributed by atoms with Gasteiger partial charge in [-0.25, -0.2) is 0 Å². The second-order valence-corrected chi connectivity index (χ2v) is 3.88. The third-order valence-corrected chi connectivity index (χ3v) is 2.69. The van der Waals surface area contributed by atoms with Crippen LogP contribution in [0.5, 0.6) is 0 Å². The molecule has 0 bridgehead atoms. The minimum Gasteiger partial charge on any atom is -0.191 e. The van der Waals surface area contributed by atoms with Crippen molar-refractivity contribution in [2.45, 2.75) is 6.54 Å². The van der Waals surface area contributed by atoms with Gasteiger partial charge in [0.2, 0.25) is 6.54 Å². The number of hydrogen-bond donors (Lipinski definition) is 0. The standard InChI is InChI=1S/C11H8BrN2/c12-11-8-14(6-5-13)7-9-3-1-2-4-10(9)11/h1-4,7-8H,6H2/q+1. The lowest BCUT2D eigenvalue weighted by atomic mass is 10.2. The van der Waals surface area contributed by atoms with Crippen LogP contribution in [0.3, 0.4) is 0 Å². The lowest BCUT2D eigenvalue weighted by Gasteiger charge is -1.98. The number of hydrogen-bond acceptors (Lipinski definition) is 1. The number of fused-ring (bicyclic) bond motifs is 1. The molecule has 3 heteroatoms. The maximum absolute atomic E-state index is 8.60. The van der Waals surface area contributed by atoms with Crippen LogP contribution in [0.2, 0.25) is 0 Å². The van der Waals surface area contributed by atoms with Crippen molar-refractivity contribution in [3.8, 4) is 6.07 Å². The lowest BCUT2D eigenvalue weighted by molar-refractivity contribution is -0.684. The van der Waals surface area contributed by atoms with Crippen molar-refractivity contribution in [3.05, 3.63) is 41.1 Å². The van der Waals surface area contributed by atoms with E-state index in [-0.39, 0.29) is 0 Å². The molecule has 1 aromatic carbocycles. The first kappa shape index (κ1) is 9.17. The van der Waals surface area contributed by atoms with E-state index >= 15 is 0 Å². The van der Waals surface area contributed by atoms with Crippen LogP contribution in [0.15, 0.2) is 41.1 Å². The van der Waals surface area contributed by atoms with Crippen LogP contribution in [-0.2, 0) is 6.54 Å². The Labute approximate surface area is 90.5 Å². The van der Waals surface area contributed by atoms with Crippen LogP contribution in [0, 0.1) is 11.3 Å². The summed E-state index contributed by atoms with van der Waals surface area (Å²) in [5.41, 5.74) is 0. The summed E-state index contributed by atoms with van der Waals surface area (Å²) in [4.78, 5) is 0. The van der Waals surface area contributed by atoms with Gasteiger partial charge < -0.3 is 0 Å². The molecule has 1 aromatic heterocycles. The second-order valence-electron chi connectivity index (χ2n) is 3.02. The predicted octanol–water partition coefficient (Wildman–Crippen LogP) is 2.41. The van der Waals surface area contributed by atoms with Crippen molar-refractivity contribution in [3.63, 3.8) is 0 Å². The Morgan fingerprint density at radius 1 is 1.29 bits per heavy atom. The summed E-state index contributed by atoms with van der Waals surface area (Å²) in [6.07, 6.45) is 3.90. The quantitative estimate of drug-likeness (QED) is 0.712. The van der Waals surface area contributed by atoms with Crippen molar-refractivity contribution in [2.24, 2.45) is 0 Å². The van der Waals surface area contributed by atoms with Crippen LogP contribution < -0.4 is 4.57 Å². The van der Waals surface area contributed by atoms with E-state index in [4.69, 9.17) is 5.26 Å². The number of nitrogens with zero attached hydrogens (tertiary/aromatic N) is 2. The Bertz CT molecular complexity index is 514. The van der Waals surface area contributed by atoms with Gasteiger partial charge >= 0.3 is 0 Å². The lowest BCUT2D eigenvalue weighted by Crippen LogP contribution is -2.32. The maximum atomic E-state index is 8.60. The first-order chi connectivity index (χ1) is 6.81. The Morgan fingerprint density at radius 3 is 2.86 bits per heavy atom. The van der Waals surface area contributed by atoms with E-state index in [1.54, 1.807) is 0 Å². The first-order valence-electron chi connectivity index (χ1n) is 4.25. The highest BCUT2D eigenvalue weighted by Crippen LogP contribution is 2.20. The SMILES string of the molecule is N#CC[n+]1cc(Br)c2ccccc2c1. The summed E-state index contributed by atoms with van der Waals surface area (Å²) < 4.78 is 2.89. The van der Waals surface area contributed by atoms with Gasteiger partial charge in [-0.2, -0.15) is 9.83 Å². The van der Waals surface area contributed by atoms with E-state index in [1.165, 1.54) is 5.39 Å².